The predicted octanol–water partition coefficient (Wildman–Crippen LogP) is 1.14. The molecular weight excluding hydrogens is 965 g/mol. The Balaban J connectivity index is 1.59. The maximum Gasteiger partial charge on any atom is 0.322 e. The highest BCUT2D eigenvalue weighted by Crippen LogP contribution is 2.18. The normalized spacial score (nSPS) is 12.5. The van der Waals surface area contributed by atoms with Gasteiger partial charge in [-0.15, -0.1) is 0 Å². The quantitative estimate of drug-likeness (QED) is 0.0218. The molecule has 17 N–H and O–H groups in total. The van der Waals surface area contributed by atoms with E-state index in [9.17, 15) is 48.6 Å². The minimum Gasteiger partial charge on any atom is -0.508 e. The molecule has 0 saturated heterocycles. The van der Waals surface area contributed by atoms with Gasteiger partial charge < -0.3 is 70.4 Å². The van der Waals surface area contributed by atoms with E-state index in [4.69, 9.17) is 22.9 Å². The van der Waals surface area contributed by atoms with E-state index in [1.165, 1.54) is 12.1 Å². The molecule has 0 heterocycles. The summed E-state index contributed by atoms with van der Waals surface area (Å²) in [4.78, 5) is 108. The Morgan fingerprint density at radius 3 is 1.59 bits per heavy atom. The van der Waals surface area contributed by atoms with Gasteiger partial charge in [-0.1, -0.05) is 73.9 Å². The average Bonchev–Trinajstić information content (AvgIpc) is 3.38. The van der Waals surface area contributed by atoms with Crippen LogP contribution in [-0.4, -0.2) is 127 Å². The first-order chi connectivity index (χ1) is 36.0. The minimum atomic E-state index is -1.30. The topological polar surface area (TPSA) is 378 Å². The van der Waals surface area contributed by atoms with Crippen LogP contribution >= 0.6 is 0 Å². The van der Waals surface area contributed by atoms with Gasteiger partial charge in [-0.3, -0.25) is 43.3 Å². The van der Waals surface area contributed by atoms with Crippen molar-refractivity contribution in [2.75, 3.05) is 39.3 Å². The van der Waals surface area contributed by atoms with Gasteiger partial charge in [-0.2, -0.15) is 0 Å². The number of phenols is 1. The third-order valence-electron chi connectivity index (χ3n) is 12.1. The molecule has 7 amide bonds. The van der Waals surface area contributed by atoms with Crippen molar-refractivity contribution in [3.8, 4) is 5.75 Å². The number of unbranched alkanes of at least 4 members (excludes halogenated alkanes) is 6. The third kappa shape index (κ3) is 27.0. The van der Waals surface area contributed by atoms with E-state index in [2.05, 4.69) is 42.2 Å². The number of nitrogens with two attached hydrogens (primary N) is 4. The van der Waals surface area contributed by atoms with Gasteiger partial charge in [0.1, 0.15) is 30.4 Å². The molecular formula is C53H80N12O10. The number of aromatic hydroxyl groups is 1. The molecule has 412 valence electrons. The molecule has 3 rings (SSSR count). The van der Waals surface area contributed by atoms with E-state index in [0.29, 0.717) is 62.9 Å². The number of fused-ring (bicyclic) bond motifs is 1. The number of carbonyl (C=O) groups is 8. The van der Waals surface area contributed by atoms with Crippen molar-refractivity contribution in [2.45, 2.75) is 140 Å². The summed E-state index contributed by atoms with van der Waals surface area (Å²) < 4.78 is 0. The second kappa shape index (κ2) is 35.8. The van der Waals surface area contributed by atoms with Crippen LogP contribution in [0.2, 0.25) is 0 Å². The van der Waals surface area contributed by atoms with Gasteiger partial charge in [-0.05, 0) is 111 Å². The highest BCUT2D eigenvalue weighted by Gasteiger charge is 2.31. The molecule has 0 radical (unpaired) electrons. The fraction of sp³-hybridized carbons (Fsp3) is 0.528. The van der Waals surface area contributed by atoms with E-state index in [1.807, 2.05) is 36.4 Å². The SMILES string of the molecule is NCCCCCC(=O)NCCCCCC(=O)NCCCCCC(=O)NCCC[C@H](NC(=O)[C@H](N)Cc1ccc(O)cc1)C(=O)N[C@@H](CCCN=C(N)N)C(=O)N[C@@H](Cc1ccc2ccccc2c1)C(=O)NCC(=O)O. The van der Waals surface area contributed by atoms with Crippen LogP contribution in [0.4, 0.5) is 0 Å². The largest absolute Gasteiger partial charge is 0.508 e. The number of benzene rings is 3. The Morgan fingerprint density at radius 2 is 1.03 bits per heavy atom. The van der Waals surface area contributed by atoms with Crippen LogP contribution < -0.4 is 60.2 Å². The number of nitrogens with zero attached hydrogens (tertiary/aromatic N) is 1. The summed E-state index contributed by atoms with van der Waals surface area (Å²) in [5.74, 6) is -4.64. The number of carboxylic acid groups (broad SMARTS) is 1. The molecule has 3 aromatic rings. The van der Waals surface area contributed by atoms with Crippen LogP contribution in [0.5, 0.6) is 5.75 Å². The number of aliphatic carboxylic acids is 1. The fourth-order valence-corrected chi connectivity index (χ4v) is 7.98. The molecule has 0 saturated carbocycles. The number of rotatable bonds is 38. The van der Waals surface area contributed by atoms with Crippen molar-refractivity contribution < 1.29 is 48.6 Å². The number of guanidine groups is 1. The first kappa shape index (κ1) is 62.0. The smallest absolute Gasteiger partial charge is 0.322 e. The van der Waals surface area contributed by atoms with Gasteiger partial charge in [0.2, 0.25) is 41.4 Å². The summed E-state index contributed by atoms with van der Waals surface area (Å²) in [5.41, 5.74) is 24.1. The molecule has 22 heteroatoms. The molecule has 0 fully saturated rings. The summed E-state index contributed by atoms with van der Waals surface area (Å²) in [7, 11) is 0. The van der Waals surface area contributed by atoms with Crippen LogP contribution in [0.15, 0.2) is 71.7 Å². The van der Waals surface area contributed by atoms with Gasteiger partial charge in [0.25, 0.3) is 0 Å². The summed E-state index contributed by atoms with van der Waals surface area (Å²) in [5, 5.41) is 39.9. The zero-order chi connectivity index (χ0) is 54.8. The molecule has 0 aromatic heterocycles. The lowest BCUT2D eigenvalue weighted by Gasteiger charge is -2.26. The molecule has 0 aliphatic heterocycles. The maximum absolute atomic E-state index is 14.2. The van der Waals surface area contributed by atoms with Crippen LogP contribution in [0, 0.1) is 0 Å². The van der Waals surface area contributed by atoms with Crippen molar-refractivity contribution in [3.05, 3.63) is 77.9 Å². The van der Waals surface area contributed by atoms with Crippen LogP contribution in [0.1, 0.15) is 114 Å². The second-order valence-electron chi connectivity index (χ2n) is 18.5. The van der Waals surface area contributed by atoms with E-state index in [0.717, 1.165) is 49.3 Å². The summed E-state index contributed by atoms with van der Waals surface area (Å²) in [6.07, 6.45) is 8.63. The highest BCUT2D eigenvalue weighted by atomic mass is 16.4. The van der Waals surface area contributed by atoms with Gasteiger partial charge in [-0.25, -0.2) is 0 Å². The first-order valence-electron chi connectivity index (χ1n) is 26.0. The number of carbonyl (C=O) groups excluding carboxylic acids is 7. The maximum atomic E-state index is 14.2. The number of nitrogens with one attached hydrogen (secondary N) is 7. The Morgan fingerprint density at radius 1 is 0.520 bits per heavy atom. The van der Waals surface area contributed by atoms with Gasteiger partial charge in [0.15, 0.2) is 5.96 Å². The van der Waals surface area contributed by atoms with Crippen LogP contribution in [0.3, 0.4) is 0 Å². The van der Waals surface area contributed by atoms with Crippen molar-refractivity contribution in [3.63, 3.8) is 0 Å². The predicted molar refractivity (Wildman–Crippen MR) is 287 cm³/mol. The zero-order valence-corrected chi connectivity index (χ0v) is 43.0. The van der Waals surface area contributed by atoms with Crippen LogP contribution in [0.25, 0.3) is 10.8 Å². The lowest BCUT2D eigenvalue weighted by Crippen LogP contribution is -2.58. The Bertz CT molecular complexity index is 2310. The van der Waals surface area contributed by atoms with Crippen molar-refractivity contribution in [1.82, 2.24) is 37.2 Å². The summed E-state index contributed by atoms with van der Waals surface area (Å²) in [6.45, 7) is 1.25. The van der Waals surface area contributed by atoms with Gasteiger partial charge >= 0.3 is 5.97 Å². The molecule has 4 atom stereocenters. The fourth-order valence-electron chi connectivity index (χ4n) is 7.98. The lowest BCUT2D eigenvalue weighted by molar-refractivity contribution is -0.138. The highest BCUT2D eigenvalue weighted by molar-refractivity contribution is 5.95. The minimum absolute atomic E-state index is 0.0144. The third-order valence-corrected chi connectivity index (χ3v) is 12.1. The lowest BCUT2D eigenvalue weighted by atomic mass is 10.0. The van der Waals surface area contributed by atoms with E-state index in [1.54, 1.807) is 18.2 Å². The van der Waals surface area contributed by atoms with E-state index in [-0.39, 0.29) is 87.5 Å². The van der Waals surface area contributed by atoms with E-state index >= 15 is 0 Å². The number of hydrogen-bond donors (Lipinski definition) is 13. The number of aliphatic imine (C=N–C) groups is 1. The van der Waals surface area contributed by atoms with Gasteiger partial charge in [0, 0.05) is 51.9 Å². The Hall–Kier alpha value is -7.33. The number of phenolic OH excluding ortho intramolecular Hbond substituents is 1. The second-order valence-corrected chi connectivity index (χ2v) is 18.5. The molecule has 3 aromatic carbocycles. The van der Waals surface area contributed by atoms with Crippen LogP contribution in [-0.2, 0) is 51.2 Å². The first-order valence-corrected chi connectivity index (χ1v) is 26.0. The molecule has 0 spiro atoms. The standard InChI is InChI=1S/C53H80N12O10/c54-27-9-1-4-18-45(67)58-28-10-2-5-19-46(68)59-29-11-3-6-20-47(69)60-30-12-16-42(63-49(72)41(55)33-36-22-25-40(66)26-23-36)51(74)64-43(17-13-31-61-53(56)57)52(75)65-44(50(73)62-35-48(70)71)34-37-21-24-38-14-7-8-15-39(38)32-37/h7-8,14-15,21-26,32,41-44,66H,1-6,9-13,16-20,27-31,33-35,54-55H2,(H,58,67)(H,59,68)(H,60,69)(H,62,73)(H,63,72)(H,64,74)(H,65,75)(H,70,71)(H4,56,57,61)/t41-,42+,43+,44+/m1/s1. The van der Waals surface area contributed by atoms with Crippen molar-refractivity contribution in [2.24, 2.45) is 27.9 Å². The summed E-state index contributed by atoms with van der Waals surface area (Å²) in [6, 6.07) is 14.3. The molecule has 0 aliphatic rings. The number of hydrogen-bond acceptors (Lipinski definition) is 12. The Labute approximate surface area is 439 Å². The van der Waals surface area contributed by atoms with Gasteiger partial charge in [0.05, 0.1) is 6.04 Å². The Kier molecular flexibility index (Phi) is 29.5. The molecule has 0 unspecified atom stereocenters. The molecule has 22 nitrogen and oxygen atoms in total. The number of amides is 7. The number of carboxylic acids is 1. The molecule has 75 heavy (non-hydrogen) atoms. The zero-order valence-electron chi connectivity index (χ0n) is 43.0. The van der Waals surface area contributed by atoms with E-state index < -0.39 is 60.3 Å². The average molecular weight is 1050 g/mol. The monoisotopic (exact) mass is 1040 g/mol. The molecule has 0 bridgehead atoms. The van der Waals surface area contributed by atoms with Crippen molar-refractivity contribution in [1.29, 1.82) is 0 Å². The van der Waals surface area contributed by atoms with Crippen molar-refractivity contribution >= 4 is 64.1 Å². The summed E-state index contributed by atoms with van der Waals surface area (Å²) >= 11 is 0. The molecule has 0 aliphatic carbocycles.